The third kappa shape index (κ3) is 3.26. The summed E-state index contributed by atoms with van der Waals surface area (Å²) in [5.74, 6) is 0. The van der Waals surface area contributed by atoms with E-state index < -0.39 is 0 Å². The van der Waals surface area contributed by atoms with Gasteiger partial charge in [0.2, 0.25) is 0 Å². The van der Waals surface area contributed by atoms with Crippen LogP contribution in [0.25, 0.3) is 0 Å². The fourth-order valence-electron chi connectivity index (χ4n) is 1.69. The van der Waals surface area contributed by atoms with Gasteiger partial charge in [-0.05, 0) is 52.7 Å². The van der Waals surface area contributed by atoms with E-state index in [-0.39, 0.29) is 0 Å². The van der Waals surface area contributed by atoms with Gasteiger partial charge in [-0.2, -0.15) is 0 Å². The molecule has 0 aliphatic heterocycles. The summed E-state index contributed by atoms with van der Waals surface area (Å²) >= 11 is 14.6. The number of nitrogens with two attached hydrogens (primary N) is 1. The number of halogens is 2. The first-order valence-electron chi connectivity index (χ1n) is 5.60. The smallest absolute Gasteiger partial charge is 0.105 e. The van der Waals surface area contributed by atoms with Gasteiger partial charge in [0.1, 0.15) is 4.99 Å². The summed E-state index contributed by atoms with van der Waals surface area (Å²) in [6.07, 6.45) is 0. The summed E-state index contributed by atoms with van der Waals surface area (Å²) in [5, 5.41) is 3.85. The maximum atomic E-state index is 6.14. The van der Waals surface area contributed by atoms with Crippen molar-refractivity contribution in [1.82, 2.24) is 0 Å². The van der Waals surface area contributed by atoms with E-state index in [1.807, 2.05) is 43.3 Å². The highest BCUT2D eigenvalue weighted by Crippen LogP contribution is 2.30. The van der Waals surface area contributed by atoms with E-state index in [0.717, 1.165) is 21.4 Å². The lowest BCUT2D eigenvalue weighted by atomic mass is 10.2. The van der Waals surface area contributed by atoms with Crippen molar-refractivity contribution in [3.8, 4) is 0 Å². The molecule has 2 aromatic carbocycles. The SMILES string of the molecule is Cc1cccc(Nc2ccc(C(N)=S)c(Cl)c2)c1Br. The number of benzene rings is 2. The number of anilines is 2. The van der Waals surface area contributed by atoms with Crippen molar-refractivity contribution in [1.29, 1.82) is 0 Å². The number of hydrogen-bond acceptors (Lipinski definition) is 2. The number of nitrogens with one attached hydrogen (secondary N) is 1. The lowest BCUT2D eigenvalue weighted by Crippen LogP contribution is -2.09. The van der Waals surface area contributed by atoms with Crippen LogP contribution in [-0.4, -0.2) is 4.99 Å². The lowest BCUT2D eigenvalue weighted by molar-refractivity contribution is 1.41. The van der Waals surface area contributed by atoms with Crippen molar-refractivity contribution < 1.29 is 0 Å². The van der Waals surface area contributed by atoms with Crippen LogP contribution in [0.1, 0.15) is 11.1 Å². The zero-order chi connectivity index (χ0) is 14.0. The Bertz CT molecular complexity index is 643. The molecule has 0 heterocycles. The molecule has 0 aromatic heterocycles. The fraction of sp³-hybridized carbons (Fsp3) is 0.0714. The Kier molecular flexibility index (Phi) is 4.45. The molecular formula is C14H12BrClN2S. The summed E-state index contributed by atoms with van der Waals surface area (Å²) in [7, 11) is 0. The molecule has 0 bridgehead atoms. The fourth-order valence-corrected chi connectivity index (χ4v) is 2.57. The number of thiocarbonyl (C=S) groups is 1. The highest BCUT2D eigenvalue weighted by molar-refractivity contribution is 9.10. The van der Waals surface area contributed by atoms with E-state index in [0.29, 0.717) is 15.6 Å². The number of hydrogen-bond donors (Lipinski definition) is 2. The van der Waals surface area contributed by atoms with Gasteiger partial charge < -0.3 is 11.1 Å². The lowest BCUT2D eigenvalue weighted by Gasteiger charge is -2.11. The molecule has 2 rings (SSSR count). The van der Waals surface area contributed by atoms with Gasteiger partial charge in [-0.25, -0.2) is 0 Å². The molecule has 5 heteroatoms. The topological polar surface area (TPSA) is 38.0 Å². The van der Waals surface area contributed by atoms with Crippen LogP contribution in [0.5, 0.6) is 0 Å². The first-order valence-corrected chi connectivity index (χ1v) is 7.18. The Balaban J connectivity index is 2.32. The van der Waals surface area contributed by atoms with E-state index in [1.54, 1.807) is 0 Å². The first kappa shape index (κ1) is 14.3. The van der Waals surface area contributed by atoms with E-state index in [2.05, 4.69) is 21.2 Å². The zero-order valence-corrected chi connectivity index (χ0v) is 13.4. The summed E-state index contributed by atoms with van der Waals surface area (Å²) in [6, 6.07) is 11.6. The van der Waals surface area contributed by atoms with Crippen molar-refractivity contribution in [2.24, 2.45) is 5.73 Å². The maximum absolute atomic E-state index is 6.14. The minimum atomic E-state index is 0.299. The summed E-state index contributed by atoms with van der Waals surface area (Å²) in [5.41, 5.74) is 9.30. The second kappa shape index (κ2) is 5.90. The molecule has 0 atom stereocenters. The standard InChI is InChI=1S/C14H12BrClN2S/c1-8-3-2-4-12(13(8)15)18-9-5-6-10(14(17)19)11(16)7-9/h2-7,18H,1H3,(H2,17,19). The molecular weight excluding hydrogens is 344 g/mol. The monoisotopic (exact) mass is 354 g/mol. The second-order valence-corrected chi connectivity index (χ2v) is 5.76. The van der Waals surface area contributed by atoms with Crippen molar-refractivity contribution in [3.63, 3.8) is 0 Å². The molecule has 0 aliphatic carbocycles. The van der Waals surface area contributed by atoms with Crippen LogP contribution in [0.15, 0.2) is 40.9 Å². The maximum Gasteiger partial charge on any atom is 0.105 e. The van der Waals surface area contributed by atoms with Crippen LogP contribution in [0.2, 0.25) is 5.02 Å². The predicted octanol–water partition coefficient (Wildman–Crippen LogP) is 4.79. The Morgan fingerprint density at radius 3 is 2.68 bits per heavy atom. The van der Waals surface area contributed by atoms with E-state index in [1.165, 1.54) is 0 Å². The van der Waals surface area contributed by atoms with Crippen LogP contribution in [0, 0.1) is 6.92 Å². The number of aryl methyl sites for hydroxylation is 1. The van der Waals surface area contributed by atoms with Crippen LogP contribution in [0.3, 0.4) is 0 Å². The summed E-state index contributed by atoms with van der Waals surface area (Å²) in [4.78, 5) is 0.299. The first-order chi connectivity index (χ1) is 8.99. The van der Waals surface area contributed by atoms with E-state index in [4.69, 9.17) is 29.6 Å². The average molecular weight is 356 g/mol. The molecule has 19 heavy (non-hydrogen) atoms. The molecule has 98 valence electrons. The quantitative estimate of drug-likeness (QED) is 0.778. The Hall–Kier alpha value is -1.10. The highest BCUT2D eigenvalue weighted by atomic mass is 79.9. The summed E-state index contributed by atoms with van der Waals surface area (Å²) in [6.45, 7) is 2.04. The van der Waals surface area contributed by atoms with Gasteiger partial charge in [0, 0.05) is 15.7 Å². The predicted molar refractivity (Wildman–Crippen MR) is 89.5 cm³/mol. The third-order valence-electron chi connectivity index (χ3n) is 2.71. The van der Waals surface area contributed by atoms with E-state index in [9.17, 15) is 0 Å². The highest BCUT2D eigenvalue weighted by Gasteiger charge is 2.06. The van der Waals surface area contributed by atoms with Gasteiger partial charge in [-0.1, -0.05) is 36.0 Å². The van der Waals surface area contributed by atoms with Crippen molar-refractivity contribution >= 4 is 56.1 Å². The third-order valence-corrected chi connectivity index (χ3v) is 4.29. The molecule has 0 amide bonds. The van der Waals surface area contributed by atoms with E-state index >= 15 is 0 Å². The average Bonchev–Trinajstić information content (AvgIpc) is 2.34. The Labute approximate surface area is 131 Å². The van der Waals surface area contributed by atoms with Crippen LogP contribution in [0.4, 0.5) is 11.4 Å². The normalized spacial score (nSPS) is 10.3. The molecule has 0 fully saturated rings. The minimum Gasteiger partial charge on any atom is -0.389 e. The Morgan fingerprint density at radius 1 is 1.32 bits per heavy atom. The Morgan fingerprint density at radius 2 is 2.05 bits per heavy atom. The molecule has 0 unspecified atom stereocenters. The van der Waals surface area contributed by atoms with Gasteiger partial charge >= 0.3 is 0 Å². The molecule has 2 nitrogen and oxygen atoms in total. The second-order valence-electron chi connectivity index (χ2n) is 4.12. The molecule has 0 aliphatic rings. The van der Waals surface area contributed by atoms with Gasteiger partial charge in [-0.15, -0.1) is 0 Å². The minimum absolute atomic E-state index is 0.299. The van der Waals surface area contributed by atoms with Gasteiger partial charge in [0.15, 0.2) is 0 Å². The molecule has 0 saturated carbocycles. The van der Waals surface area contributed by atoms with Crippen LogP contribution in [-0.2, 0) is 0 Å². The molecule has 0 radical (unpaired) electrons. The summed E-state index contributed by atoms with van der Waals surface area (Å²) < 4.78 is 1.03. The largest absolute Gasteiger partial charge is 0.389 e. The van der Waals surface area contributed by atoms with Gasteiger partial charge in [0.05, 0.1) is 10.7 Å². The molecule has 0 spiro atoms. The van der Waals surface area contributed by atoms with Crippen molar-refractivity contribution in [2.45, 2.75) is 6.92 Å². The van der Waals surface area contributed by atoms with Crippen LogP contribution >= 0.6 is 39.7 Å². The van der Waals surface area contributed by atoms with Crippen LogP contribution < -0.4 is 11.1 Å². The van der Waals surface area contributed by atoms with Crippen molar-refractivity contribution in [2.75, 3.05) is 5.32 Å². The zero-order valence-electron chi connectivity index (χ0n) is 10.2. The van der Waals surface area contributed by atoms with Gasteiger partial charge in [-0.3, -0.25) is 0 Å². The molecule has 3 N–H and O–H groups in total. The van der Waals surface area contributed by atoms with Crippen molar-refractivity contribution in [3.05, 3.63) is 57.0 Å². The molecule has 0 saturated heterocycles. The van der Waals surface area contributed by atoms with Gasteiger partial charge in [0.25, 0.3) is 0 Å². The molecule has 2 aromatic rings. The number of rotatable bonds is 3.